The molecule has 0 unspecified atom stereocenters. The molecule has 1 amide bonds. The summed E-state index contributed by atoms with van der Waals surface area (Å²) >= 11 is 0. The average Bonchev–Trinajstić information content (AvgIpc) is 2.91. The third kappa shape index (κ3) is 9.46. The molecule has 210 valence electrons. The first-order chi connectivity index (χ1) is 18.3. The second-order valence-electron chi connectivity index (χ2n) is 10.4. The van der Waals surface area contributed by atoms with Crippen LogP contribution in [-0.4, -0.2) is 38.8 Å². The van der Waals surface area contributed by atoms with Gasteiger partial charge < -0.3 is 10.4 Å². The monoisotopic (exact) mass is 570 g/mol. The number of hydrogen-bond donors (Lipinski definition) is 3. The highest BCUT2D eigenvalue weighted by atomic mass is 35.5. The van der Waals surface area contributed by atoms with Crippen molar-refractivity contribution in [2.45, 2.75) is 51.0 Å². The molecule has 8 heteroatoms. The van der Waals surface area contributed by atoms with Crippen LogP contribution in [-0.2, 0) is 22.9 Å². The Morgan fingerprint density at radius 3 is 2.28 bits per heavy atom. The highest BCUT2D eigenvalue weighted by Crippen LogP contribution is 2.30. The number of amides is 1. The van der Waals surface area contributed by atoms with Gasteiger partial charge in [0.1, 0.15) is 0 Å². The molecule has 0 spiro atoms. The average molecular weight is 571 g/mol. The molecule has 6 nitrogen and oxygen atoms in total. The van der Waals surface area contributed by atoms with E-state index in [0.717, 1.165) is 60.7 Å². The fourth-order valence-corrected chi connectivity index (χ4v) is 5.66. The molecule has 0 aliphatic heterocycles. The number of halogens is 1. The van der Waals surface area contributed by atoms with Gasteiger partial charge in [0.05, 0.1) is 12.4 Å². The van der Waals surface area contributed by atoms with Crippen molar-refractivity contribution in [3.8, 4) is 11.1 Å². The van der Waals surface area contributed by atoms with E-state index in [1.54, 1.807) is 6.07 Å². The van der Waals surface area contributed by atoms with E-state index in [4.69, 9.17) is 0 Å². The molecular weight excluding hydrogens is 532 g/mol. The Balaban J connectivity index is 0.00000420. The minimum Gasteiger partial charge on any atom is -0.387 e. The van der Waals surface area contributed by atoms with Crippen molar-refractivity contribution < 1.29 is 18.3 Å². The van der Waals surface area contributed by atoms with Crippen molar-refractivity contribution >= 4 is 28.3 Å². The molecule has 0 saturated heterocycles. The number of hydrogen-bond acceptors (Lipinski definition) is 5. The zero-order valence-corrected chi connectivity index (χ0v) is 24.1. The number of carbonyl (C=O) groups is 1. The minimum absolute atomic E-state index is 0. The molecule has 0 heterocycles. The standard InChI is InChI=1S/C31H38N2O4S.ClH/c1-38(36,37)33-31(35)29-17-16-27(21-28(29)20-24-8-4-2-5-9-24)25-14-12-23(13-15-25)18-19-32-22-30(34)26-10-6-3-7-11-26;/h3,6-7,10-17,21,24,30,32,34H,2,4-5,8-9,18-20,22H2,1H3,(H,33,35);1H/t30-;/m1./s1. The third-order valence-corrected chi connectivity index (χ3v) is 7.82. The van der Waals surface area contributed by atoms with Gasteiger partial charge in [-0.05, 0) is 59.2 Å². The fourth-order valence-electron chi connectivity index (χ4n) is 5.22. The lowest BCUT2D eigenvalue weighted by molar-refractivity contribution is 0.0980. The summed E-state index contributed by atoms with van der Waals surface area (Å²) in [5.41, 5.74) is 5.52. The van der Waals surface area contributed by atoms with Crippen LogP contribution in [0.25, 0.3) is 11.1 Å². The predicted molar refractivity (Wildman–Crippen MR) is 160 cm³/mol. The molecule has 1 saturated carbocycles. The predicted octanol–water partition coefficient (Wildman–Crippen LogP) is 5.45. The van der Waals surface area contributed by atoms with Crippen LogP contribution >= 0.6 is 12.4 Å². The SMILES string of the molecule is CS(=O)(=O)NC(=O)c1ccc(-c2ccc(CCNC[C@@H](O)c3ccccc3)cc2)cc1CC1CCCCC1.Cl. The molecule has 39 heavy (non-hydrogen) atoms. The number of sulfonamides is 1. The van der Waals surface area contributed by atoms with Crippen molar-refractivity contribution in [2.24, 2.45) is 5.92 Å². The van der Waals surface area contributed by atoms with Crippen molar-refractivity contribution in [1.82, 2.24) is 10.0 Å². The van der Waals surface area contributed by atoms with Gasteiger partial charge in [-0.1, -0.05) is 98.8 Å². The molecule has 1 fully saturated rings. The number of aliphatic hydroxyl groups is 1. The first-order valence-electron chi connectivity index (χ1n) is 13.5. The molecule has 3 aromatic rings. The number of nitrogens with one attached hydrogen (secondary N) is 2. The molecule has 1 atom stereocenters. The maximum atomic E-state index is 12.8. The summed E-state index contributed by atoms with van der Waals surface area (Å²) in [5.74, 6) is -0.0517. The van der Waals surface area contributed by atoms with E-state index >= 15 is 0 Å². The zero-order valence-electron chi connectivity index (χ0n) is 22.4. The van der Waals surface area contributed by atoms with Crippen LogP contribution in [0.5, 0.6) is 0 Å². The van der Waals surface area contributed by atoms with Crippen molar-refractivity contribution in [3.63, 3.8) is 0 Å². The van der Waals surface area contributed by atoms with Gasteiger partial charge in [-0.15, -0.1) is 12.4 Å². The molecule has 4 rings (SSSR count). The highest BCUT2D eigenvalue weighted by molar-refractivity contribution is 7.89. The minimum atomic E-state index is -3.64. The van der Waals surface area contributed by atoms with Gasteiger partial charge in [-0.3, -0.25) is 4.79 Å². The second kappa shape index (κ2) is 14.6. The topological polar surface area (TPSA) is 95.5 Å². The van der Waals surface area contributed by atoms with Gasteiger partial charge in [0.2, 0.25) is 10.0 Å². The first-order valence-corrected chi connectivity index (χ1v) is 15.4. The Bertz CT molecular complexity index is 1310. The van der Waals surface area contributed by atoms with E-state index in [1.807, 2.05) is 42.5 Å². The van der Waals surface area contributed by atoms with Gasteiger partial charge in [0.15, 0.2) is 0 Å². The Kier molecular flexibility index (Phi) is 11.5. The highest BCUT2D eigenvalue weighted by Gasteiger charge is 2.20. The van der Waals surface area contributed by atoms with E-state index in [9.17, 15) is 18.3 Å². The number of rotatable bonds is 11. The van der Waals surface area contributed by atoms with Gasteiger partial charge in [-0.25, -0.2) is 13.1 Å². The summed E-state index contributed by atoms with van der Waals surface area (Å²) in [7, 11) is -3.64. The van der Waals surface area contributed by atoms with Crippen LogP contribution < -0.4 is 10.0 Å². The Morgan fingerprint density at radius 2 is 1.62 bits per heavy atom. The fraction of sp³-hybridized carbons (Fsp3) is 0.387. The summed E-state index contributed by atoms with van der Waals surface area (Å²) in [6.07, 6.45) is 8.05. The van der Waals surface area contributed by atoms with Crippen LogP contribution in [0, 0.1) is 5.92 Å². The summed E-state index contributed by atoms with van der Waals surface area (Å²) in [4.78, 5) is 12.8. The first kappa shape index (κ1) is 30.8. The number of aliphatic hydroxyl groups excluding tert-OH is 1. The van der Waals surface area contributed by atoms with Gasteiger partial charge in [0, 0.05) is 12.1 Å². The lowest BCUT2D eigenvalue weighted by atomic mass is 9.83. The maximum Gasteiger partial charge on any atom is 0.264 e. The van der Waals surface area contributed by atoms with Gasteiger partial charge >= 0.3 is 0 Å². The van der Waals surface area contributed by atoms with Crippen LogP contribution in [0.2, 0.25) is 0 Å². The van der Waals surface area contributed by atoms with Crippen LogP contribution in [0.1, 0.15) is 65.3 Å². The molecule has 3 aromatic carbocycles. The van der Waals surface area contributed by atoms with Gasteiger partial charge in [-0.2, -0.15) is 0 Å². The zero-order chi connectivity index (χ0) is 27.0. The molecule has 1 aliphatic rings. The summed E-state index contributed by atoms with van der Waals surface area (Å²) < 4.78 is 25.5. The van der Waals surface area contributed by atoms with E-state index < -0.39 is 22.0 Å². The van der Waals surface area contributed by atoms with E-state index in [1.165, 1.54) is 24.8 Å². The molecule has 0 aromatic heterocycles. The Hall–Kier alpha value is -2.71. The van der Waals surface area contributed by atoms with Crippen molar-refractivity contribution in [1.29, 1.82) is 0 Å². The van der Waals surface area contributed by atoms with Gasteiger partial charge in [0.25, 0.3) is 5.91 Å². The van der Waals surface area contributed by atoms with Crippen LogP contribution in [0.15, 0.2) is 72.8 Å². The van der Waals surface area contributed by atoms with E-state index in [2.05, 4.69) is 34.3 Å². The largest absolute Gasteiger partial charge is 0.387 e. The molecule has 0 radical (unpaired) electrons. The smallest absolute Gasteiger partial charge is 0.264 e. The lowest BCUT2D eigenvalue weighted by Crippen LogP contribution is -2.30. The molecule has 0 bridgehead atoms. The van der Waals surface area contributed by atoms with E-state index in [-0.39, 0.29) is 12.4 Å². The third-order valence-electron chi connectivity index (χ3n) is 7.26. The summed E-state index contributed by atoms with van der Waals surface area (Å²) in [5, 5.41) is 13.6. The number of benzene rings is 3. The maximum absolute atomic E-state index is 12.8. The Labute approximate surface area is 238 Å². The van der Waals surface area contributed by atoms with Crippen molar-refractivity contribution in [3.05, 3.63) is 95.1 Å². The normalized spacial score (nSPS) is 14.8. The molecular formula is C31H39ClN2O4S. The summed E-state index contributed by atoms with van der Waals surface area (Å²) in [6, 6.07) is 23.7. The Morgan fingerprint density at radius 1 is 0.949 bits per heavy atom. The van der Waals surface area contributed by atoms with E-state index in [0.29, 0.717) is 18.0 Å². The molecule has 1 aliphatic carbocycles. The quantitative estimate of drug-likeness (QED) is 0.266. The molecule has 3 N–H and O–H groups in total. The van der Waals surface area contributed by atoms with Crippen LogP contribution in [0.3, 0.4) is 0 Å². The number of carbonyl (C=O) groups excluding carboxylic acids is 1. The lowest BCUT2D eigenvalue weighted by Gasteiger charge is -2.23. The summed E-state index contributed by atoms with van der Waals surface area (Å²) in [6.45, 7) is 1.27. The van der Waals surface area contributed by atoms with Crippen molar-refractivity contribution in [2.75, 3.05) is 19.3 Å². The second-order valence-corrected chi connectivity index (χ2v) is 12.1. The van der Waals surface area contributed by atoms with Crippen LogP contribution in [0.4, 0.5) is 0 Å².